The zero-order chi connectivity index (χ0) is 19.0. The van der Waals surface area contributed by atoms with Crippen LogP contribution in [0.4, 0.5) is 0 Å². The van der Waals surface area contributed by atoms with Gasteiger partial charge in [0.25, 0.3) is 5.91 Å². The second-order valence-corrected chi connectivity index (χ2v) is 7.99. The normalized spacial score (nSPS) is 15.4. The van der Waals surface area contributed by atoms with Crippen LogP contribution in [0.15, 0.2) is 18.2 Å². The first-order valence-electron chi connectivity index (χ1n) is 9.02. The van der Waals surface area contributed by atoms with Crippen molar-refractivity contribution in [3.8, 4) is 5.75 Å². The molecule has 7 nitrogen and oxygen atoms in total. The summed E-state index contributed by atoms with van der Waals surface area (Å²) in [7, 11) is 1.66. The van der Waals surface area contributed by atoms with Gasteiger partial charge in [-0.1, -0.05) is 0 Å². The van der Waals surface area contributed by atoms with Gasteiger partial charge in [-0.05, 0) is 26.0 Å². The molecule has 27 heavy (non-hydrogen) atoms. The lowest BCUT2D eigenvalue weighted by Crippen LogP contribution is -2.48. The molecule has 1 fully saturated rings. The third-order valence-corrected chi connectivity index (χ3v) is 5.93. The van der Waals surface area contributed by atoms with Gasteiger partial charge in [0.05, 0.1) is 35.4 Å². The Labute approximate surface area is 162 Å². The number of fused-ring (bicyclic) bond motifs is 1. The topological polar surface area (TPSA) is 74.3 Å². The van der Waals surface area contributed by atoms with Crippen molar-refractivity contribution >= 4 is 28.3 Å². The number of hydrogen-bond acceptors (Lipinski definition) is 6. The van der Waals surface area contributed by atoms with E-state index in [4.69, 9.17) is 4.74 Å². The van der Waals surface area contributed by atoms with Gasteiger partial charge in [0.15, 0.2) is 0 Å². The van der Waals surface area contributed by atoms with Crippen LogP contribution in [0.3, 0.4) is 0 Å². The van der Waals surface area contributed by atoms with Crippen LogP contribution in [0.5, 0.6) is 5.75 Å². The molecule has 0 saturated carbocycles. The predicted octanol–water partition coefficient (Wildman–Crippen LogP) is 2.60. The summed E-state index contributed by atoms with van der Waals surface area (Å²) >= 11 is 1.48. The van der Waals surface area contributed by atoms with Crippen LogP contribution in [-0.4, -0.2) is 63.9 Å². The van der Waals surface area contributed by atoms with Crippen molar-refractivity contribution in [2.45, 2.75) is 20.4 Å². The molecule has 8 heteroatoms. The highest BCUT2D eigenvalue weighted by atomic mass is 32.1. The number of aromatic amines is 1. The lowest BCUT2D eigenvalue weighted by atomic mass is 10.2. The summed E-state index contributed by atoms with van der Waals surface area (Å²) in [4.78, 5) is 30.1. The Balaban J connectivity index is 1.38. The zero-order valence-electron chi connectivity index (χ0n) is 15.8. The highest BCUT2D eigenvalue weighted by Crippen LogP contribution is 2.21. The number of amides is 1. The average molecular weight is 385 g/mol. The minimum absolute atomic E-state index is 0.105. The minimum atomic E-state index is 0.105. The van der Waals surface area contributed by atoms with Gasteiger partial charge in [0, 0.05) is 32.2 Å². The van der Waals surface area contributed by atoms with Gasteiger partial charge in [0.1, 0.15) is 16.5 Å². The first-order chi connectivity index (χ1) is 13.0. The van der Waals surface area contributed by atoms with E-state index < -0.39 is 0 Å². The van der Waals surface area contributed by atoms with Crippen molar-refractivity contribution in [1.29, 1.82) is 0 Å². The number of carbonyl (C=O) groups excluding carboxylic acids is 1. The van der Waals surface area contributed by atoms with Crippen LogP contribution in [0, 0.1) is 13.8 Å². The highest BCUT2D eigenvalue weighted by molar-refractivity contribution is 7.13. The smallest absolute Gasteiger partial charge is 0.265 e. The van der Waals surface area contributed by atoms with Crippen molar-refractivity contribution in [3.63, 3.8) is 0 Å². The summed E-state index contributed by atoms with van der Waals surface area (Å²) in [5.41, 5.74) is 2.76. The van der Waals surface area contributed by atoms with Crippen LogP contribution in [-0.2, 0) is 6.54 Å². The van der Waals surface area contributed by atoms with E-state index in [0.29, 0.717) is 0 Å². The fourth-order valence-corrected chi connectivity index (χ4v) is 4.33. The van der Waals surface area contributed by atoms with E-state index in [1.165, 1.54) is 11.3 Å². The van der Waals surface area contributed by atoms with E-state index in [-0.39, 0.29) is 5.91 Å². The average Bonchev–Trinajstić information content (AvgIpc) is 3.22. The minimum Gasteiger partial charge on any atom is -0.497 e. The Morgan fingerprint density at radius 2 is 2.00 bits per heavy atom. The van der Waals surface area contributed by atoms with Gasteiger partial charge in [-0.3, -0.25) is 9.69 Å². The van der Waals surface area contributed by atoms with Gasteiger partial charge in [-0.15, -0.1) is 11.3 Å². The van der Waals surface area contributed by atoms with E-state index in [0.717, 1.165) is 70.9 Å². The molecule has 1 saturated heterocycles. The number of benzene rings is 1. The Hall–Kier alpha value is -2.45. The van der Waals surface area contributed by atoms with Gasteiger partial charge in [0.2, 0.25) is 0 Å². The van der Waals surface area contributed by atoms with E-state index in [1.54, 1.807) is 7.11 Å². The summed E-state index contributed by atoms with van der Waals surface area (Å²) in [6, 6.07) is 5.84. The molecule has 3 aromatic rings. The van der Waals surface area contributed by atoms with Crippen molar-refractivity contribution in [2.75, 3.05) is 33.3 Å². The maximum absolute atomic E-state index is 12.7. The number of thiazole rings is 1. The maximum Gasteiger partial charge on any atom is 0.265 e. The fourth-order valence-electron chi connectivity index (χ4n) is 3.44. The Bertz CT molecular complexity index is 972. The molecule has 1 N–H and O–H groups in total. The summed E-state index contributed by atoms with van der Waals surface area (Å²) in [6.07, 6.45) is 0. The molecular weight excluding hydrogens is 362 g/mol. The number of piperazine rings is 1. The van der Waals surface area contributed by atoms with Crippen LogP contribution in [0.2, 0.25) is 0 Å². The number of aryl methyl sites for hydroxylation is 2. The summed E-state index contributed by atoms with van der Waals surface area (Å²) in [5.74, 6) is 1.86. The number of rotatable bonds is 4. The van der Waals surface area contributed by atoms with Crippen molar-refractivity contribution in [3.05, 3.63) is 39.6 Å². The third-order valence-electron chi connectivity index (χ3n) is 4.87. The van der Waals surface area contributed by atoms with Crippen LogP contribution in [0.25, 0.3) is 11.0 Å². The molecule has 1 amide bonds. The molecule has 142 valence electrons. The Morgan fingerprint density at radius 1 is 1.22 bits per heavy atom. The van der Waals surface area contributed by atoms with Gasteiger partial charge >= 0.3 is 0 Å². The summed E-state index contributed by atoms with van der Waals surface area (Å²) < 4.78 is 5.26. The maximum atomic E-state index is 12.7. The van der Waals surface area contributed by atoms with Crippen molar-refractivity contribution in [2.24, 2.45) is 0 Å². The lowest BCUT2D eigenvalue weighted by molar-refractivity contribution is 0.0629. The van der Waals surface area contributed by atoms with Crippen LogP contribution in [0.1, 0.15) is 26.2 Å². The van der Waals surface area contributed by atoms with Gasteiger partial charge < -0.3 is 14.6 Å². The second kappa shape index (κ2) is 7.28. The zero-order valence-corrected chi connectivity index (χ0v) is 16.6. The van der Waals surface area contributed by atoms with E-state index >= 15 is 0 Å². The van der Waals surface area contributed by atoms with Crippen LogP contribution >= 0.6 is 11.3 Å². The molecule has 0 aliphatic carbocycles. The molecule has 0 radical (unpaired) electrons. The number of hydrogen-bond donors (Lipinski definition) is 1. The highest BCUT2D eigenvalue weighted by Gasteiger charge is 2.25. The van der Waals surface area contributed by atoms with E-state index in [2.05, 4.69) is 19.9 Å². The number of ether oxygens (including phenoxy) is 1. The monoisotopic (exact) mass is 385 g/mol. The number of methoxy groups -OCH3 is 1. The van der Waals surface area contributed by atoms with E-state index in [9.17, 15) is 4.79 Å². The molecule has 1 aromatic carbocycles. The number of imidazole rings is 1. The second-order valence-electron chi connectivity index (χ2n) is 6.78. The molecule has 1 aliphatic rings. The number of carbonyl (C=O) groups is 1. The largest absolute Gasteiger partial charge is 0.497 e. The number of nitrogens with zero attached hydrogens (tertiary/aromatic N) is 4. The summed E-state index contributed by atoms with van der Waals surface area (Å²) in [5, 5.41) is 0.941. The van der Waals surface area contributed by atoms with Gasteiger partial charge in [-0.2, -0.15) is 0 Å². The quantitative estimate of drug-likeness (QED) is 0.747. The van der Waals surface area contributed by atoms with Crippen molar-refractivity contribution < 1.29 is 9.53 Å². The lowest BCUT2D eigenvalue weighted by Gasteiger charge is -2.34. The third kappa shape index (κ3) is 3.68. The van der Waals surface area contributed by atoms with Crippen molar-refractivity contribution in [1.82, 2.24) is 24.8 Å². The Morgan fingerprint density at radius 3 is 2.67 bits per heavy atom. The SMILES string of the molecule is COc1ccc2nc(CN3CCN(C(=O)c4sc(C)nc4C)CC3)[nH]c2c1. The molecule has 4 rings (SSSR count). The molecule has 0 unspecified atom stereocenters. The predicted molar refractivity (Wildman–Crippen MR) is 105 cm³/mol. The molecule has 0 atom stereocenters. The summed E-state index contributed by atoms with van der Waals surface area (Å²) in [6.45, 7) is 7.72. The molecular formula is C19H23N5O2S. The standard InChI is InChI=1S/C19H23N5O2S/c1-12-18(27-13(2)20-12)19(25)24-8-6-23(7-9-24)11-17-21-15-5-4-14(26-3)10-16(15)22-17/h4-5,10H,6-9,11H2,1-3H3,(H,21,22). The van der Waals surface area contributed by atoms with E-state index in [1.807, 2.05) is 36.9 Å². The Kier molecular flexibility index (Phi) is 4.84. The first-order valence-corrected chi connectivity index (χ1v) is 9.83. The molecule has 1 aliphatic heterocycles. The fraction of sp³-hybridized carbons (Fsp3) is 0.421. The number of nitrogens with one attached hydrogen (secondary N) is 1. The first kappa shape index (κ1) is 17.9. The van der Waals surface area contributed by atoms with Crippen LogP contribution < -0.4 is 4.74 Å². The molecule has 2 aromatic heterocycles. The molecule has 0 spiro atoms. The van der Waals surface area contributed by atoms with Gasteiger partial charge in [-0.25, -0.2) is 9.97 Å². The number of H-pyrrole nitrogens is 1. The number of aromatic nitrogens is 3. The molecule has 0 bridgehead atoms. The molecule has 3 heterocycles.